The summed E-state index contributed by atoms with van der Waals surface area (Å²) in [4.78, 5) is 4.52. The summed E-state index contributed by atoms with van der Waals surface area (Å²) < 4.78 is 27.2. The van der Waals surface area contributed by atoms with Crippen LogP contribution in [0, 0.1) is 6.92 Å². The van der Waals surface area contributed by atoms with Gasteiger partial charge in [-0.05, 0) is 42.8 Å². The highest BCUT2D eigenvalue weighted by atomic mass is 32.2. The van der Waals surface area contributed by atoms with Gasteiger partial charge in [-0.1, -0.05) is 48.2 Å². The highest BCUT2D eigenvalue weighted by Gasteiger charge is 2.19. The van der Waals surface area contributed by atoms with E-state index in [-0.39, 0.29) is 5.75 Å². The first-order valence-electron chi connectivity index (χ1n) is 9.39. The Morgan fingerprint density at radius 1 is 0.933 bits per heavy atom. The van der Waals surface area contributed by atoms with Crippen molar-refractivity contribution in [3.8, 4) is 17.1 Å². The maximum atomic E-state index is 12.6. The molecule has 0 N–H and O–H groups in total. The van der Waals surface area contributed by atoms with Gasteiger partial charge in [0.1, 0.15) is 0 Å². The van der Waals surface area contributed by atoms with Gasteiger partial charge in [0.05, 0.1) is 16.3 Å². The monoisotopic (exact) mass is 436 g/mol. The molecule has 0 radical (unpaired) electrons. The molecular formula is C22H20N4O2S2. The van der Waals surface area contributed by atoms with Gasteiger partial charge >= 0.3 is 0 Å². The summed E-state index contributed by atoms with van der Waals surface area (Å²) in [6.07, 6.45) is 3.45. The van der Waals surface area contributed by atoms with E-state index in [0.717, 1.165) is 16.8 Å². The molecule has 0 bridgehead atoms. The molecule has 0 aliphatic heterocycles. The number of hydrogen-bond acceptors (Lipinski definition) is 6. The molecule has 4 aromatic rings. The van der Waals surface area contributed by atoms with E-state index >= 15 is 0 Å². The quantitative estimate of drug-likeness (QED) is 0.404. The topological polar surface area (TPSA) is 77.7 Å². The third-order valence-corrected chi connectivity index (χ3v) is 7.52. The standard InChI is InChI=1S/C22H20N4O2S2/c1-17-8-5-6-12-20(17)26-21(18-9-7-13-23-16-18)24-25-22(26)29-14-15-30(27,28)19-10-3-2-4-11-19/h2-13,16H,14-15H2,1H3. The lowest BCUT2D eigenvalue weighted by atomic mass is 10.2. The van der Waals surface area contributed by atoms with Gasteiger partial charge in [0.25, 0.3) is 0 Å². The fourth-order valence-corrected chi connectivity index (χ4v) is 5.68. The van der Waals surface area contributed by atoms with Crippen molar-refractivity contribution < 1.29 is 8.42 Å². The number of rotatable bonds is 7. The molecule has 0 saturated heterocycles. The fraction of sp³-hybridized carbons (Fsp3) is 0.136. The van der Waals surface area contributed by atoms with Crippen molar-refractivity contribution in [2.75, 3.05) is 11.5 Å². The van der Waals surface area contributed by atoms with E-state index in [2.05, 4.69) is 15.2 Å². The second kappa shape index (κ2) is 8.81. The van der Waals surface area contributed by atoms with E-state index in [9.17, 15) is 8.42 Å². The van der Waals surface area contributed by atoms with E-state index in [1.807, 2.05) is 47.9 Å². The smallest absolute Gasteiger partial charge is 0.196 e. The summed E-state index contributed by atoms with van der Waals surface area (Å²) >= 11 is 1.38. The average Bonchev–Trinajstić information content (AvgIpc) is 3.19. The van der Waals surface area contributed by atoms with E-state index < -0.39 is 9.84 Å². The number of para-hydroxylation sites is 1. The normalized spacial score (nSPS) is 11.5. The fourth-order valence-electron chi connectivity index (χ4n) is 3.07. The molecule has 0 amide bonds. The maximum absolute atomic E-state index is 12.6. The van der Waals surface area contributed by atoms with Crippen LogP contribution in [0.5, 0.6) is 0 Å². The predicted octanol–water partition coefficient (Wildman–Crippen LogP) is 4.20. The van der Waals surface area contributed by atoms with Gasteiger partial charge < -0.3 is 0 Å². The highest BCUT2D eigenvalue weighted by molar-refractivity contribution is 8.00. The Morgan fingerprint density at radius 2 is 1.70 bits per heavy atom. The third-order valence-electron chi connectivity index (χ3n) is 4.59. The van der Waals surface area contributed by atoms with Crippen molar-refractivity contribution in [3.63, 3.8) is 0 Å². The summed E-state index contributed by atoms with van der Waals surface area (Å²) in [5.74, 6) is 1.06. The van der Waals surface area contributed by atoms with Crippen molar-refractivity contribution in [3.05, 3.63) is 84.7 Å². The van der Waals surface area contributed by atoms with Crippen LogP contribution in [-0.2, 0) is 9.84 Å². The molecular weight excluding hydrogens is 416 g/mol. The Hall–Kier alpha value is -2.97. The predicted molar refractivity (Wildman–Crippen MR) is 119 cm³/mol. The van der Waals surface area contributed by atoms with Gasteiger partial charge in [0, 0.05) is 23.7 Å². The summed E-state index contributed by atoms with van der Waals surface area (Å²) in [5.41, 5.74) is 2.87. The zero-order valence-corrected chi connectivity index (χ0v) is 18.0. The molecule has 0 saturated carbocycles. The Bertz CT molecular complexity index is 1240. The van der Waals surface area contributed by atoms with Gasteiger partial charge in [-0.25, -0.2) is 8.42 Å². The largest absolute Gasteiger partial charge is 0.270 e. The molecule has 0 spiro atoms. The van der Waals surface area contributed by atoms with Crippen molar-refractivity contribution in [1.82, 2.24) is 19.7 Å². The van der Waals surface area contributed by atoms with Crippen LogP contribution in [0.4, 0.5) is 0 Å². The molecule has 8 heteroatoms. The summed E-state index contributed by atoms with van der Waals surface area (Å²) in [7, 11) is -3.35. The molecule has 30 heavy (non-hydrogen) atoms. The van der Waals surface area contributed by atoms with Crippen LogP contribution in [0.25, 0.3) is 17.1 Å². The van der Waals surface area contributed by atoms with E-state index in [0.29, 0.717) is 21.6 Å². The highest BCUT2D eigenvalue weighted by Crippen LogP contribution is 2.29. The lowest BCUT2D eigenvalue weighted by Gasteiger charge is -2.12. The van der Waals surface area contributed by atoms with Gasteiger partial charge in [-0.2, -0.15) is 0 Å². The molecule has 6 nitrogen and oxygen atoms in total. The summed E-state index contributed by atoms with van der Waals surface area (Å²) in [6.45, 7) is 2.02. The second-order valence-electron chi connectivity index (χ2n) is 6.65. The van der Waals surface area contributed by atoms with Gasteiger partial charge in [0.15, 0.2) is 20.8 Å². The molecule has 152 valence electrons. The van der Waals surface area contributed by atoms with Crippen LogP contribution in [-0.4, -0.2) is 39.7 Å². The zero-order valence-electron chi connectivity index (χ0n) is 16.3. The lowest BCUT2D eigenvalue weighted by Crippen LogP contribution is -2.09. The first-order valence-corrected chi connectivity index (χ1v) is 12.0. The number of benzene rings is 2. The summed E-state index contributed by atoms with van der Waals surface area (Å²) in [5, 5.41) is 9.38. The molecule has 4 rings (SSSR count). The molecule has 0 unspecified atom stereocenters. The Morgan fingerprint density at radius 3 is 2.43 bits per heavy atom. The minimum absolute atomic E-state index is 0.0184. The van der Waals surface area contributed by atoms with Gasteiger partial charge in [-0.3, -0.25) is 9.55 Å². The molecule has 2 heterocycles. The van der Waals surface area contributed by atoms with Crippen molar-refractivity contribution in [1.29, 1.82) is 0 Å². The minimum atomic E-state index is -3.35. The number of nitrogens with zero attached hydrogens (tertiary/aromatic N) is 4. The number of pyridine rings is 1. The second-order valence-corrected chi connectivity index (χ2v) is 9.82. The zero-order chi connectivity index (χ0) is 21.0. The van der Waals surface area contributed by atoms with Crippen molar-refractivity contribution in [2.24, 2.45) is 0 Å². The number of aryl methyl sites for hydroxylation is 1. The Balaban J connectivity index is 1.64. The molecule has 0 aliphatic carbocycles. The van der Waals surface area contributed by atoms with Crippen molar-refractivity contribution >= 4 is 21.6 Å². The minimum Gasteiger partial charge on any atom is -0.270 e. The summed E-state index contributed by atoms with van der Waals surface area (Å²) in [6, 6.07) is 20.3. The third kappa shape index (κ3) is 4.29. The van der Waals surface area contributed by atoms with Crippen LogP contribution in [0.3, 0.4) is 0 Å². The first-order chi connectivity index (χ1) is 14.6. The van der Waals surface area contributed by atoms with Crippen LogP contribution < -0.4 is 0 Å². The lowest BCUT2D eigenvalue weighted by molar-refractivity contribution is 0.597. The number of aromatic nitrogens is 4. The van der Waals surface area contributed by atoms with Gasteiger partial charge in [-0.15, -0.1) is 10.2 Å². The Labute approximate surface area is 179 Å². The average molecular weight is 437 g/mol. The number of thioether (sulfide) groups is 1. The molecule has 0 fully saturated rings. The van der Waals surface area contributed by atoms with E-state index in [1.165, 1.54) is 11.8 Å². The van der Waals surface area contributed by atoms with Crippen LogP contribution in [0.15, 0.2) is 89.2 Å². The van der Waals surface area contributed by atoms with E-state index in [1.54, 1.807) is 42.7 Å². The molecule has 2 aromatic heterocycles. The van der Waals surface area contributed by atoms with Gasteiger partial charge in [0.2, 0.25) is 0 Å². The molecule has 2 aromatic carbocycles. The molecule has 0 atom stereocenters. The number of sulfone groups is 1. The van der Waals surface area contributed by atoms with Crippen LogP contribution in [0.2, 0.25) is 0 Å². The van der Waals surface area contributed by atoms with Crippen LogP contribution >= 0.6 is 11.8 Å². The Kier molecular flexibility index (Phi) is 5.96. The first kappa shape index (κ1) is 20.3. The molecule has 0 aliphatic rings. The van der Waals surface area contributed by atoms with Crippen LogP contribution in [0.1, 0.15) is 5.56 Å². The SMILES string of the molecule is Cc1ccccc1-n1c(SCCS(=O)(=O)c2ccccc2)nnc1-c1cccnc1. The van der Waals surface area contributed by atoms with Crippen molar-refractivity contribution in [2.45, 2.75) is 17.0 Å². The maximum Gasteiger partial charge on any atom is 0.196 e. The number of hydrogen-bond donors (Lipinski definition) is 0. The van der Waals surface area contributed by atoms with E-state index in [4.69, 9.17) is 0 Å².